The molecule has 0 aromatic heterocycles. The minimum atomic E-state index is -3.13. The minimum absolute atomic E-state index is 0. The molecule has 5 heavy (non-hydrogen) atoms. The van der Waals surface area contributed by atoms with Crippen molar-refractivity contribution in [1.29, 1.82) is 0 Å². The molecule has 0 spiro atoms. The van der Waals surface area contributed by atoms with Crippen LogP contribution in [0.2, 0.25) is 0 Å². The average Bonchev–Trinajstić information content (AvgIpc) is 0.811. The highest BCUT2D eigenvalue weighted by Crippen LogP contribution is 1.98. The Labute approximate surface area is 40.7 Å². The maximum Gasteiger partial charge on any atom is 0.314 e. The van der Waals surface area contributed by atoms with Crippen LogP contribution in [0.25, 0.3) is 0 Å². The molecule has 0 aromatic carbocycles. The zero-order valence-corrected chi connectivity index (χ0v) is 4.92. The summed E-state index contributed by atoms with van der Waals surface area (Å²) in [6.45, 7) is 0. The lowest BCUT2D eigenvalue weighted by molar-refractivity contribution is 0.405. The second kappa shape index (κ2) is 4.68. The monoisotopic (exact) mass is 110 g/mol. The van der Waals surface area contributed by atoms with Gasteiger partial charge in [0, 0.05) is 0 Å². The first-order valence-electron chi connectivity index (χ1n) is 0.651. The van der Waals surface area contributed by atoms with Gasteiger partial charge in [-0.2, -0.15) is 0 Å². The highest BCUT2D eigenvalue weighted by Gasteiger charge is 1.61. The maximum absolute atomic E-state index is 8.74. The molecule has 0 heterocycles. The molecule has 0 aliphatic rings. The van der Waals surface area contributed by atoms with Crippen LogP contribution in [-0.2, 0) is 4.57 Å². The lowest BCUT2D eigenvalue weighted by Crippen LogP contribution is -1.38. The van der Waals surface area contributed by atoms with Crippen molar-refractivity contribution in [2.24, 2.45) is 0 Å². The Hall–Kier alpha value is 0.682. The molecule has 0 atom stereocenters. The van der Waals surface area contributed by atoms with E-state index in [-0.39, 0.29) is 17.4 Å². The molecule has 0 saturated heterocycles. The van der Waals surface area contributed by atoms with E-state index in [1.807, 2.05) is 0 Å². The van der Waals surface area contributed by atoms with Crippen molar-refractivity contribution in [3.8, 4) is 0 Å². The lowest BCUT2D eigenvalue weighted by Gasteiger charge is -1.61. The van der Waals surface area contributed by atoms with Gasteiger partial charge in [0.15, 0.2) is 0 Å². The largest absolute Gasteiger partial charge is 0.326 e. The lowest BCUT2D eigenvalue weighted by atomic mass is 15.8. The van der Waals surface area contributed by atoms with Crippen molar-refractivity contribution < 1.29 is 14.4 Å². The molecular formula is H4AlO3P. The summed E-state index contributed by atoms with van der Waals surface area (Å²) in [7, 11) is -3.13. The van der Waals surface area contributed by atoms with E-state index in [1.54, 1.807) is 0 Å². The highest BCUT2D eigenvalue weighted by atomic mass is 31.1. The Morgan fingerprint density at radius 3 is 1.40 bits per heavy atom. The smallest absolute Gasteiger partial charge is 0.314 e. The summed E-state index contributed by atoms with van der Waals surface area (Å²) in [5.74, 6) is 0. The van der Waals surface area contributed by atoms with Crippen molar-refractivity contribution in [3.63, 3.8) is 0 Å². The zero-order chi connectivity index (χ0) is 3.58. The summed E-state index contributed by atoms with van der Waals surface area (Å²) >= 11 is 0. The Morgan fingerprint density at radius 2 is 1.40 bits per heavy atom. The first kappa shape index (κ1) is 9.19. The topological polar surface area (TPSA) is 57.5 Å². The molecule has 2 radical (unpaired) electrons. The fourth-order valence-electron chi connectivity index (χ4n) is 0. The van der Waals surface area contributed by atoms with Gasteiger partial charge in [-0.05, 0) is 0 Å². The molecule has 0 saturated carbocycles. The molecule has 0 amide bonds. The van der Waals surface area contributed by atoms with E-state index in [0.717, 1.165) is 0 Å². The van der Waals surface area contributed by atoms with Crippen LogP contribution in [0, 0.1) is 0 Å². The van der Waals surface area contributed by atoms with Gasteiger partial charge in [0.1, 0.15) is 0 Å². The molecule has 0 aliphatic heterocycles. The van der Waals surface area contributed by atoms with Crippen molar-refractivity contribution in [2.75, 3.05) is 0 Å². The summed E-state index contributed by atoms with van der Waals surface area (Å²) in [6, 6.07) is 0. The van der Waals surface area contributed by atoms with Crippen molar-refractivity contribution in [2.45, 2.75) is 0 Å². The van der Waals surface area contributed by atoms with Gasteiger partial charge in [0.25, 0.3) is 0 Å². The Bertz CT molecular complexity index is 29.9. The van der Waals surface area contributed by atoms with E-state index in [9.17, 15) is 0 Å². The normalized spacial score (nSPS) is 7.00. The molecule has 0 unspecified atom stereocenters. The second-order valence-corrected chi connectivity index (χ2v) is 0.848. The van der Waals surface area contributed by atoms with Gasteiger partial charge in [-0.15, -0.1) is 0 Å². The highest BCUT2D eigenvalue weighted by molar-refractivity contribution is 7.30. The first-order valence-corrected chi connectivity index (χ1v) is 1.95. The van der Waals surface area contributed by atoms with Crippen LogP contribution in [0.1, 0.15) is 0 Å². The molecule has 2 N–H and O–H groups in total. The van der Waals surface area contributed by atoms with Gasteiger partial charge in [-0.3, -0.25) is 4.57 Å². The summed E-state index contributed by atoms with van der Waals surface area (Å²) in [6.07, 6.45) is 0. The van der Waals surface area contributed by atoms with Gasteiger partial charge in [0.05, 0.1) is 17.4 Å². The molecule has 0 aromatic rings. The summed E-state index contributed by atoms with van der Waals surface area (Å²) in [5.41, 5.74) is 0. The first-order chi connectivity index (χ1) is 1.73. The summed E-state index contributed by atoms with van der Waals surface area (Å²) in [4.78, 5) is 14.3. The van der Waals surface area contributed by atoms with Crippen LogP contribution in [0.3, 0.4) is 0 Å². The molecule has 0 aliphatic carbocycles. The van der Waals surface area contributed by atoms with Gasteiger partial charge in [-0.1, -0.05) is 0 Å². The Morgan fingerprint density at radius 1 is 1.40 bits per heavy atom. The average molecular weight is 110 g/mol. The van der Waals surface area contributed by atoms with Crippen LogP contribution in [-0.4, -0.2) is 27.1 Å². The van der Waals surface area contributed by atoms with E-state index in [4.69, 9.17) is 14.4 Å². The maximum atomic E-state index is 8.74. The molecule has 0 bridgehead atoms. The van der Waals surface area contributed by atoms with Crippen molar-refractivity contribution >= 4 is 25.6 Å². The molecule has 3 nitrogen and oxygen atoms in total. The molecular weight excluding hydrogens is 106 g/mol. The summed E-state index contributed by atoms with van der Waals surface area (Å²) in [5, 5.41) is 0. The predicted molar refractivity (Wildman–Crippen MR) is 20.6 cm³/mol. The van der Waals surface area contributed by atoms with Crippen LogP contribution in [0.5, 0.6) is 0 Å². The van der Waals surface area contributed by atoms with Crippen molar-refractivity contribution in [3.05, 3.63) is 0 Å². The number of hydrogen-bond acceptors (Lipinski definition) is 1. The number of hydrogen-bond donors (Lipinski definition) is 2. The Kier molecular flexibility index (Phi) is 8.60. The molecule has 0 rings (SSSR count). The SMILES string of the molecule is O=[PH](O)O.[AlH]. The second-order valence-electron chi connectivity index (χ2n) is 0.283. The van der Waals surface area contributed by atoms with Gasteiger partial charge in [0.2, 0.25) is 0 Å². The van der Waals surface area contributed by atoms with Crippen LogP contribution < -0.4 is 0 Å². The van der Waals surface area contributed by atoms with Gasteiger partial charge in [-0.25, -0.2) is 0 Å². The van der Waals surface area contributed by atoms with E-state index in [2.05, 4.69) is 0 Å². The predicted octanol–water partition coefficient (Wildman–Crippen LogP) is -1.29. The van der Waals surface area contributed by atoms with Crippen molar-refractivity contribution in [1.82, 2.24) is 0 Å². The van der Waals surface area contributed by atoms with Gasteiger partial charge >= 0.3 is 8.25 Å². The zero-order valence-electron chi connectivity index (χ0n) is 2.51. The number of rotatable bonds is 0. The molecule has 5 heteroatoms. The standard InChI is InChI=1S/Al.H3O3P.H/c;1-4(2)3;/h;4H,(H2,1,2,3);. The molecule has 30 valence electrons. The quantitative estimate of drug-likeness (QED) is 0.301. The van der Waals surface area contributed by atoms with E-state index >= 15 is 0 Å². The molecule has 0 fully saturated rings. The van der Waals surface area contributed by atoms with Crippen LogP contribution >= 0.6 is 8.25 Å². The Balaban J connectivity index is 0. The third-order valence-electron chi connectivity index (χ3n) is 0. The van der Waals surface area contributed by atoms with Crippen LogP contribution in [0.4, 0.5) is 0 Å². The van der Waals surface area contributed by atoms with E-state index < -0.39 is 8.25 Å². The third kappa shape index (κ3) is 72.3. The van der Waals surface area contributed by atoms with Crippen LogP contribution in [0.15, 0.2) is 0 Å². The fourth-order valence-corrected chi connectivity index (χ4v) is 0. The van der Waals surface area contributed by atoms with Gasteiger partial charge < -0.3 is 9.79 Å². The van der Waals surface area contributed by atoms with E-state index in [0.29, 0.717) is 0 Å². The fraction of sp³-hybridized carbons (Fsp3) is 0. The third-order valence-corrected chi connectivity index (χ3v) is 0. The van der Waals surface area contributed by atoms with E-state index in [1.165, 1.54) is 0 Å². The minimum Gasteiger partial charge on any atom is -0.326 e. The summed E-state index contributed by atoms with van der Waals surface area (Å²) < 4.78 is 8.74.